The maximum absolute atomic E-state index is 5.70. The fraction of sp³-hybridized carbons (Fsp3) is 0.333. The summed E-state index contributed by atoms with van der Waals surface area (Å²) < 4.78 is 0. The van der Waals surface area contributed by atoms with E-state index < -0.39 is 0 Å². The summed E-state index contributed by atoms with van der Waals surface area (Å²) >= 11 is 0. The molecule has 3 N–H and O–H groups in total. The van der Waals surface area contributed by atoms with Gasteiger partial charge < -0.3 is 10.7 Å². The van der Waals surface area contributed by atoms with Crippen molar-refractivity contribution < 1.29 is 0 Å². The van der Waals surface area contributed by atoms with Gasteiger partial charge in [-0.1, -0.05) is 35.9 Å². The quantitative estimate of drug-likeness (QED) is 0.637. The third-order valence-electron chi connectivity index (χ3n) is 4.66. The lowest BCUT2D eigenvalue weighted by Gasteiger charge is -2.07. The van der Waals surface area contributed by atoms with Crippen molar-refractivity contribution in [2.75, 3.05) is 6.54 Å². The van der Waals surface area contributed by atoms with Crippen LogP contribution in [0.25, 0.3) is 22.2 Å². The molecule has 2 nitrogen and oxygen atoms in total. The standard InChI is InChI=1S/C21H26N2/c1-14-7-6-8-17(13-14)21-18(9-4-5-12-22)19-15(2)10-11-16(3)20(19)23-21/h6-8,10-11,13,23H,4-5,9,12,22H2,1-3H3. The first-order valence-corrected chi connectivity index (χ1v) is 8.49. The van der Waals surface area contributed by atoms with Crippen molar-refractivity contribution in [3.63, 3.8) is 0 Å². The molecule has 0 aliphatic heterocycles. The Hall–Kier alpha value is -2.06. The predicted octanol–water partition coefficient (Wildman–Crippen LogP) is 5.04. The molecule has 3 rings (SSSR count). The lowest BCUT2D eigenvalue weighted by Crippen LogP contribution is -1.99. The molecule has 0 saturated heterocycles. The molecule has 120 valence electrons. The average Bonchev–Trinajstić information content (AvgIpc) is 2.92. The van der Waals surface area contributed by atoms with Gasteiger partial charge in [0.15, 0.2) is 0 Å². The minimum absolute atomic E-state index is 0.764. The zero-order chi connectivity index (χ0) is 16.4. The summed E-state index contributed by atoms with van der Waals surface area (Å²) in [5, 5.41) is 1.40. The summed E-state index contributed by atoms with van der Waals surface area (Å²) in [6, 6.07) is 13.2. The summed E-state index contributed by atoms with van der Waals surface area (Å²) in [5.41, 5.74) is 14.9. The Morgan fingerprint density at radius 1 is 0.957 bits per heavy atom. The average molecular weight is 306 g/mol. The molecule has 0 aliphatic rings. The van der Waals surface area contributed by atoms with Crippen molar-refractivity contribution in [1.82, 2.24) is 4.98 Å². The molecule has 0 unspecified atom stereocenters. The summed E-state index contributed by atoms with van der Waals surface area (Å²) in [6.07, 6.45) is 3.28. The van der Waals surface area contributed by atoms with Gasteiger partial charge in [0, 0.05) is 16.6 Å². The summed E-state index contributed by atoms with van der Waals surface area (Å²) in [6.45, 7) is 7.31. The van der Waals surface area contributed by atoms with Gasteiger partial charge in [0.1, 0.15) is 0 Å². The third kappa shape index (κ3) is 3.04. The number of aromatic amines is 1. The van der Waals surface area contributed by atoms with Gasteiger partial charge in [-0.3, -0.25) is 0 Å². The second-order valence-electron chi connectivity index (χ2n) is 6.54. The second-order valence-corrected chi connectivity index (χ2v) is 6.54. The third-order valence-corrected chi connectivity index (χ3v) is 4.66. The fourth-order valence-corrected chi connectivity index (χ4v) is 3.43. The molecule has 0 bridgehead atoms. The predicted molar refractivity (Wildman–Crippen MR) is 99.9 cm³/mol. The van der Waals surface area contributed by atoms with E-state index in [1.807, 2.05) is 0 Å². The summed E-state index contributed by atoms with van der Waals surface area (Å²) in [5.74, 6) is 0. The Morgan fingerprint density at radius 3 is 2.48 bits per heavy atom. The zero-order valence-corrected chi connectivity index (χ0v) is 14.4. The number of rotatable bonds is 5. The van der Waals surface area contributed by atoms with Crippen molar-refractivity contribution in [3.8, 4) is 11.3 Å². The number of hydrogen-bond donors (Lipinski definition) is 2. The summed E-state index contributed by atoms with van der Waals surface area (Å²) in [4.78, 5) is 3.71. The van der Waals surface area contributed by atoms with Crippen molar-refractivity contribution in [2.24, 2.45) is 5.73 Å². The van der Waals surface area contributed by atoms with Gasteiger partial charge in [-0.05, 0) is 74.9 Å². The molecule has 0 saturated carbocycles. The van der Waals surface area contributed by atoms with Crippen LogP contribution >= 0.6 is 0 Å². The lowest BCUT2D eigenvalue weighted by atomic mass is 9.96. The lowest BCUT2D eigenvalue weighted by molar-refractivity contribution is 0.748. The van der Waals surface area contributed by atoms with Gasteiger partial charge in [0.05, 0.1) is 0 Å². The molecule has 0 atom stereocenters. The molecule has 2 aromatic carbocycles. The van der Waals surface area contributed by atoms with E-state index >= 15 is 0 Å². The Bertz CT molecular complexity index is 827. The number of fused-ring (bicyclic) bond motifs is 1. The van der Waals surface area contributed by atoms with Gasteiger partial charge in [-0.15, -0.1) is 0 Å². The highest BCUT2D eigenvalue weighted by Crippen LogP contribution is 2.35. The van der Waals surface area contributed by atoms with Crippen LogP contribution in [-0.2, 0) is 6.42 Å². The maximum atomic E-state index is 5.70. The minimum Gasteiger partial charge on any atom is -0.354 e. The van der Waals surface area contributed by atoms with Crippen LogP contribution < -0.4 is 5.73 Å². The van der Waals surface area contributed by atoms with Crippen molar-refractivity contribution in [3.05, 3.63) is 58.7 Å². The van der Waals surface area contributed by atoms with E-state index in [-0.39, 0.29) is 0 Å². The van der Waals surface area contributed by atoms with E-state index in [0.717, 1.165) is 25.8 Å². The molecule has 2 heteroatoms. The van der Waals surface area contributed by atoms with Crippen LogP contribution in [0.1, 0.15) is 35.1 Å². The fourth-order valence-electron chi connectivity index (χ4n) is 3.43. The Labute approximate surface area is 138 Å². The number of aryl methyl sites for hydroxylation is 4. The first-order valence-electron chi connectivity index (χ1n) is 8.49. The van der Waals surface area contributed by atoms with Crippen LogP contribution in [0.4, 0.5) is 0 Å². The SMILES string of the molecule is Cc1cccc(-c2[nH]c3c(C)ccc(C)c3c2CCCCN)c1. The zero-order valence-electron chi connectivity index (χ0n) is 14.4. The topological polar surface area (TPSA) is 41.8 Å². The molecule has 0 spiro atoms. The number of H-pyrrole nitrogens is 1. The highest BCUT2D eigenvalue weighted by atomic mass is 14.7. The second kappa shape index (κ2) is 6.59. The van der Waals surface area contributed by atoms with Crippen LogP contribution in [0.15, 0.2) is 36.4 Å². The number of unbranched alkanes of at least 4 members (excludes halogenated alkanes) is 1. The summed E-state index contributed by atoms with van der Waals surface area (Å²) in [7, 11) is 0. The van der Waals surface area contributed by atoms with Crippen LogP contribution in [-0.4, -0.2) is 11.5 Å². The number of aromatic nitrogens is 1. The highest BCUT2D eigenvalue weighted by Gasteiger charge is 2.16. The van der Waals surface area contributed by atoms with Gasteiger partial charge in [-0.25, -0.2) is 0 Å². The number of nitrogens with one attached hydrogen (secondary N) is 1. The Kier molecular flexibility index (Phi) is 4.53. The molecule has 1 heterocycles. The normalized spacial score (nSPS) is 11.3. The molecule has 23 heavy (non-hydrogen) atoms. The minimum atomic E-state index is 0.764. The van der Waals surface area contributed by atoms with Crippen LogP contribution in [0.2, 0.25) is 0 Å². The Morgan fingerprint density at radius 2 is 1.74 bits per heavy atom. The number of nitrogens with two attached hydrogens (primary N) is 1. The largest absolute Gasteiger partial charge is 0.354 e. The maximum Gasteiger partial charge on any atom is 0.0497 e. The van der Waals surface area contributed by atoms with Gasteiger partial charge in [-0.2, -0.15) is 0 Å². The number of hydrogen-bond acceptors (Lipinski definition) is 1. The van der Waals surface area contributed by atoms with Crippen molar-refractivity contribution in [1.29, 1.82) is 0 Å². The molecule has 0 fully saturated rings. The monoisotopic (exact) mass is 306 g/mol. The van der Waals surface area contributed by atoms with Crippen molar-refractivity contribution >= 4 is 10.9 Å². The first-order chi connectivity index (χ1) is 11.1. The van der Waals surface area contributed by atoms with Crippen LogP contribution in [0, 0.1) is 20.8 Å². The van der Waals surface area contributed by atoms with Gasteiger partial charge in [0.2, 0.25) is 0 Å². The highest BCUT2D eigenvalue weighted by molar-refractivity contribution is 5.95. The van der Waals surface area contributed by atoms with Gasteiger partial charge in [0.25, 0.3) is 0 Å². The van der Waals surface area contributed by atoms with E-state index in [0.29, 0.717) is 0 Å². The van der Waals surface area contributed by atoms with E-state index in [1.54, 1.807) is 0 Å². The van der Waals surface area contributed by atoms with E-state index in [4.69, 9.17) is 5.73 Å². The molecular weight excluding hydrogens is 280 g/mol. The molecule has 3 aromatic rings. The van der Waals surface area contributed by atoms with Crippen LogP contribution in [0.3, 0.4) is 0 Å². The van der Waals surface area contributed by atoms with E-state index in [9.17, 15) is 0 Å². The van der Waals surface area contributed by atoms with Gasteiger partial charge >= 0.3 is 0 Å². The molecule has 1 aromatic heterocycles. The number of benzene rings is 2. The van der Waals surface area contributed by atoms with Crippen LogP contribution in [0.5, 0.6) is 0 Å². The molecule has 0 amide bonds. The van der Waals surface area contributed by atoms with E-state index in [1.165, 1.54) is 44.4 Å². The Balaban J connectivity index is 2.21. The molecule has 0 aliphatic carbocycles. The molecular formula is C21H26N2. The van der Waals surface area contributed by atoms with Crippen molar-refractivity contribution in [2.45, 2.75) is 40.0 Å². The molecule has 0 radical (unpaired) electrons. The van der Waals surface area contributed by atoms with E-state index in [2.05, 4.69) is 62.2 Å². The first kappa shape index (κ1) is 15.8. The smallest absolute Gasteiger partial charge is 0.0497 e.